The highest BCUT2D eigenvalue weighted by molar-refractivity contribution is 5.39. The van der Waals surface area contributed by atoms with Crippen molar-refractivity contribution in [3.05, 3.63) is 23.0 Å². The van der Waals surface area contributed by atoms with Crippen LogP contribution < -0.4 is 5.73 Å². The van der Waals surface area contributed by atoms with Gasteiger partial charge in [0.25, 0.3) is 6.43 Å². The number of aromatic nitrogens is 1. The van der Waals surface area contributed by atoms with Gasteiger partial charge in [0.15, 0.2) is 0 Å². The lowest BCUT2D eigenvalue weighted by Crippen LogP contribution is -2.06. The summed E-state index contributed by atoms with van der Waals surface area (Å²) in [4.78, 5) is 3.62. The highest BCUT2D eigenvalue weighted by Crippen LogP contribution is 2.29. The lowest BCUT2D eigenvalue weighted by molar-refractivity contribution is 0.148. The van der Waals surface area contributed by atoms with E-state index in [1.54, 1.807) is 0 Å². The molecule has 3 nitrogen and oxygen atoms in total. The van der Waals surface area contributed by atoms with Gasteiger partial charge in [-0.3, -0.25) is 4.98 Å². The summed E-state index contributed by atoms with van der Waals surface area (Å²) in [7, 11) is 0. The predicted molar refractivity (Wildman–Crippen MR) is 43.5 cm³/mol. The van der Waals surface area contributed by atoms with Crippen molar-refractivity contribution in [1.82, 2.24) is 4.98 Å². The first-order valence-corrected chi connectivity index (χ1v) is 3.73. The molecular formula is C8H10F2N2O. The molecule has 3 N–H and O–H groups in total. The van der Waals surface area contributed by atoms with Gasteiger partial charge in [0.2, 0.25) is 0 Å². The van der Waals surface area contributed by atoms with Crippen LogP contribution in [0, 0.1) is 6.92 Å². The van der Waals surface area contributed by atoms with Crippen molar-refractivity contribution in [3.8, 4) is 5.75 Å². The van der Waals surface area contributed by atoms with Gasteiger partial charge in [0, 0.05) is 17.7 Å². The first-order chi connectivity index (χ1) is 6.07. The molecule has 0 aromatic carbocycles. The highest BCUT2D eigenvalue weighted by atomic mass is 19.3. The minimum atomic E-state index is -2.65. The molecule has 1 aromatic heterocycles. The van der Waals surface area contributed by atoms with Crippen molar-refractivity contribution < 1.29 is 13.9 Å². The number of rotatable bonds is 2. The molecule has 0 saturated heterocycles. The second-order valence-corrected chi connectivity index (χ2v) is 2.63. The van der Waals surface area contributed by atoms with Crippen LogP contribution in [0.5, 0.6) is 5.75 Å². The van der Waals surface area contributed by atoms with Crippen LogP contribution in [0.1, 0.15) is 23.2 Å². The van der Waals surface area contributed by atoms with E-state index in [2.05, 4.69) is 4.98 Å². The van der Waals surface area contributed by atoms with Crippen LogP contribution in [0.15, 0.2) is 6.20 Å². The van der Waals surface area contributed by atoms with Gasteiger partial charge < -0.3 is 10.8 Å². The standard InChI is InChI=1S/C8H10F2N2O/c1-4-6(13)3-12-5(2-11)7(4)8(9)10/h3,8,13H,2,11H2,1H3. The van der Waals surface area contributed by atoms with Crippen LogP contribution in [-0.4, -0.2) is 10.1 Å². The van der Waals surface area contributed by atoms with Crippen molar-refractivity contribution >= 4 is 0 Å². The molecule has 0 saturated carbocycles. The zero-order chi connectivity index (χ0) is 10.0. The average Bonchev–Trinajstić information content (AvgIpc) is 2.08. The number of pyridine rings is 1. The Labute approximate surface area is 74.2 Å². The molecule has 0 amide bonds. The quantitative estimate of drug-likeness (QED) is 0.739. The Morgan fingerprint density at radius 3 is 2.69 bits per heavy atom. The van der Waals surface area contributed by atoms with Gasteiger partial charge in [-0.25, -0.2) is 8.78 Å². The Morgan fingerprint density at radius 1 is 1.62 bits per heavy atom. The van der Waals surface area contributed by atoms with Gasteiger partial charge >= 0.3 is 0 Å². The summed E-state index contributed by atoms with van der Waals surface area (Å²) in [6, 6.07) is 0. The van der Waals surface area contributed by atoms with E-state index in [-0.39, 0.29) is 29.1 Å². The summed E-state index contributed by atoms with van der Waals surface area (Å²) >= 11 is 0. The SMILES string of the molecule is Cc1c(O)cnc(CN)c1C(F)F. The fourth-order valence-corrected chi connectivity index (χ4v) is 1.11. The second kappa shape index (κ2) is 3.66. The fraction of sp³-hybridized carbons (Fsp3) is 0.375. The zero-order valence-electron chi connectivity index (χ0n) is 7.09. The molecular weight excluding hydrogens is 178 g/mol. The molecule has 0 unspecified atom stereocenters. The van der Waals surface area contributed by atoms with E-state index in [0.717, 1.165) is 6.20 Å². The molecule has 0 aliphatic heterocycles. The normalized spacial score (nSPS) is 10.8. The molecule has 0 bridgehead atoms. The Bertz CT molecular complexity index is 315. The fourth-order valence-electron chi connectivity index (χ4n) is 1.11. The number of nitrogens with two attached hydrogens (primary N) is 1. The first-order valence-electron chi connectivity index (χ1n) is 3.73. The van der Waals surface area contributed by atoms with E-state index in [1.807, 2.05) is 0 Å². The smallest absolute Gasteiger partial charge is 0.266 e. The van der Waals surface area contributed by atoms with Gasteiger partial charge in [0.1, 0.15) is 5.75 Å². The number of halogens is 2. The first kappa shape index (κ1) is 9.85. The molecule has 0 aliphatic rings. The van der Waals surface area contributed by atoms with E-state index in [1.165, 1.54) is 6.92 Å². The van der Waals surface area contributed by atoms with Crippen molar-refractivity contribution in [3.63, 3.8) is 0 Å². The third-order valence-electron chi connectivity index (χ3n) is 1.85. The van der Waals surface area contributed by atoms with Gasteiger partial charge in [-0.2, -0.15) is 0 Å². The van der Waals surface area contributed by atoms with Crippen molar-refractivity contribution in [1.29, 1.82) is 0 Å². The molecule has 0 fully saturated rings. The summed E-state index contributed by atoms with van der Waals surface area (Å²) in [6.07, 6.45) is -1.53. The van der Waals surface area contributed by atoms with Crippen LogP contribution in [-0.2, 0) is 6.54 Å². The third kappa shape index (κ3) is 1.75. The molecule has 5 heteroatoms. The lowest BCUT2D eigenvalue weighted by atomic mass is 10.1. The number of hydrogen-bond acceptors (Lipinski definition) is 3. The number of hydrogen-bond donors (Lipinski definition) is 2. The van der Waals surface area contributed by atoms with E-state index in [0.29, 0.717) is 0 Å². The number of nitrogens with zero attached hydrogens (tertiary/aromatic N) is 1. The van der Waals surface area contributed by atoms with Gasteiger partial charge in [-0.1, -0.05) is 0 Å². The molecule has 0 radical (unpaired) electrons. The monoisotopic (exact) mass is 188 g/mol. The van der Waals surface area contributed by atoms with Crippen LogP contribution in [0.3, 0.4) is 0 Å². The van der Waals surface area contributed by atoms with E-state index in [4.69, 9.17) is 10.8 Å². The van der Waals surface area contributed by atoms with Crippen molar-refractivity contribution in [2.45, 2.75) is 19.9 Å². The second-order valence-electron chi connectivity index (χ2n) is 2.63. The molecule has 0 atom stereocenters. The summed E-state index contributed by atoms with van der Waals surface area (Å²) in [5, 5.41) is 9.13. The lowest BCUT2D eigenvalue weighted by Gasteiger charge is -2.10. The minimum absolute atomic E-state index is 0.0548. The summed E-state index contributed by atoms with van der Waals surface area (Å²) in [5.41, 5.74) is 5.24. The average molecular weight is 188 g/mol. The Balaban J connectivity index is 3.32. The third-order valence-corrected chi connectivity index (χ3v) is 1.85. The van der Waals surface area contributed by atoms with E-state index >= 15 is 0 Å². The Kier molecular flexibility index (Phi) is 2.77. The molecule has 0 spiro atoms. The Morgan fingerprint density at radius 2 is 2.23 bits per heavy atom. The molecule has 0 aliphatic carbocycles. The number of aromatic hydroxyl groups is 1. The van der Waals surface area contributed by atoms with Gasteiger partial charge in [-0.05, 0) is 6.92 Å². The summed E-state index contributed by atoms with van der Waals surface area (Å²) in [6.45, 7) is 1.36. The zero-order valence-corrected chi connectivity index (χ0v) is 7.09. The van der Waals surface area contributed by atoms with Crippen molar-refractivity contribution in [2.75, 3.05) is 0 Å². The maximum absolute atomic E-state index is 12.4. The maximum atomic E-state index is 12.4. The number of alkyl halides is 2. The highest BCUT2D eigenvalue weighted by Gasteiger charge is 2.18. The van der Waals surface area contributed by atoms with E-state index < -0.39 is 6.43 Å². The van der Waals surface area contributed by atoms with Crippen LogP contribution in [0.25, 0.3) is 0 Å². The van der Waals surface area contributed by atoms with Crippen LogP contribution in [0.2, 0.25) is 0 Å². The predicted octanol–water partition coefficient (Wildman–Crippen LogP) is 1.49. The van der Waals surface area contributed by atoms with Gasteiger partial charge in [-0.15, -0.1) is 0 Å². The van der Waals surface area contributed by atoms with Gasteiger partial charge in [0.05, 0.1) is 11.9 Å². The summed E-state index contributed by atoms with van der Waals surface area (Å²) in [5.74, 6) is -0.229. The molecule has 13 heavy (non-hydrogen) atoms. The molecule has 1 heterocycles. The van der Waals surface area contributed by atoms with E-state index in [9.17, 15) is 8.78 Å². The minimum Gasteiger partial charge on any atom is -0.506 e. The summed E-state index contributed by atoms with van der Waals surface area (Å²) < 4.78 is 24.9. The van der Waals surface area contributed by atoms with Crippen molar-refractivity contribution in [2.24, 2.45) is 5.73 Å². The molecule has 1 aromatic rings. The Hall–Kier alpha value is -1.23. The maximum Gasteiger partial charge on any atom is 0.266 e. The topological polar surface area (TPSA) is 59.1 Å². The molecule has 1 rings (SSSR count). The van der Waals surface area contributed by atoms with Crippen LogP contribution >= 0.6 is 0 Å². The molecule has 72 valence electrons. The van der Waals surface area contributed by atoms with Crippen LogP contribution in [0.4, 0.5) is 8.78 Å². The largest absolute Gasteiger partial charge is 0.506 e.